The second-order valence-corrected chi connectivity index (χ2v) is 28.6. The number of hydrogen-bond acceptors (Lipinski definition) is 15. The molecule has 12 aromatic heterocycles. The number of halogens is 1. The largest absolute Gasteiger partial charge is 0.450 e. The van der Waals surface area contributed by atoms with Gasteiger partial charge < -0.3 is 59.1 Å². The lowest BCUT2D eigenvalue weighted by Gasteiger charge is -2.47. The number of aromatic amines is 4. The van der Waals surface area contributed by atoms with E-state index in [-0.39, 0.29) is 46.0 Å². The number of carbonyl (C=O) groups excluding carboxylic acids is 4. The number of aryl methyl sites for hydroxylation is 5. The first-order chi connectivity index (χ1) is 49.6. The minimum absolute atomic E-state index is 0.00126. The summed E-state index contributed by atoms with van der Waals surface area (Å²) in [5.41, 5.74) is 18.5. The molecule has 20 rings (SSSR count). The van der Waals surface area contributed by atoms with Crippen LogP contribution in [-0.2, 0) is 62.0 Å². The molecule has 102 heavy (non-hydrogen) atoms. The van der Waals surface area contributed by atoms with Crippen molar-refractivity contribution in [2.75, 3.05) is 78.7 Å². The van der Waals surface area contributed by atoms with E-state index >= 15 is 0 Å². The highest BCUT2D eigenvalue weighted by Gasteiger charge is 2.55. The smallest absolute Gasteiger partial charge is 0.409 e. The molecule has 0 unspecified atom stereocenters. The maximum Gasteiger partial charge on any atom is 0.409 e. The highest BCUT2D eigenvalue weighted by Crippen LogP contribution is 2.48. The van der Waals surface area contributed by atoms with Crippen molar-refractivity contribution in [3.8, 4) is 45.0 Å². The van der Waals surface area contributed by atoms with E-state index in [1.165, 1.54) is 28.3 Å². The van der Waals surface area contributed by atoms with Crippen LogP contribution in [0.2, 0.25) is 5.02 Å². The standard InChI is InChI=1S/C19H21N5O2.C18H18ClN5O2.C18H20N6O.C18H19N5O2/c1-3-26-18(25)23-10-19(11-23)4-5-24-16(19)7-15(22-24)13-6-14-12(2)8-20-17(14)21-9-13;1-2-26-17(25)23-9-18(10-23)3-4-24-15(18)6-14(22-24)11-5-12-13(19)8-21-16(12)20-7-11;1-2-19-17(25)23-10-18(11-23)4-6-24-16(18)8-14(22-24)12-7-15-13(21-9-12)3-5-20-15;1-2-25-17(24)22-10-18(11-22)4-6-23-15(18)8-14(21-23)13-7-12-3-5-19-16(12)20-9-13/h6-9H,3-5,10-11H2,1-2H3,(H,20,21);5-8H,2-4,9-10H2,1H3,(H,20,21);3,5,7-9,20H,2,4,6,10-11H2,1H3,(H,19,25);3,5,7-9H,2,4,6,10-11H2,1H3,(H,19,20). The first-order valence-corrected chi connectivity index (χ1v) is 35.5. The Bertz CT molecular complexity index is 4930. The van der Waals surface area contributed by atoms with Crippen LogP contribution in [0.4, 0.5) is 19.2 Å². The molecule has 0 atom stereocenters. The summed E-state index contributed by atoms with van der Waals surface area (Å²) in [4.78, 5) is 85.3. The number of urea groups is 1. The number of H-pyrrole nitrogens is 4. The number of aromatic nitrogens is 16. The zero-order chi connectivity index (χ0) is 69.8. The highest BCUT2D eigenvalue weighted by atomic mass is 35.5. The zero-order valence-corrected chi connectivity index (χ0v) is 58.2. The SMILES string of the molecule is CCNC(=O)N1CC2(CCn3nc(-c4cnc5cc[nH]c5c4)cc32)C1.CCOC(=O)N1CC2(CCn3nc(-c4cnc5[nH]cc(C)c5c4)cc32)C1.CCOC(=O)N1CC2(CCn3nc(-c4cnc5[nH]cc(Cl)c5c4)cc32)C1.CCOC(=O)N1CC2(CCn3nc(-c4cnc5[nH]ccc5c4)cc32)C1. The van der Waals surface area contributed by atoms with E-state index in [0.717, 1.165) is 154 Å². The van der Waals surface area contributed by atoms with Gasteiger partial charge in [-0.3, -0.25) is 23.7 Å². The summed E-state index contributed by atoms with van der Waals surface area (Å²) in [5.74, 6) is 0. The van der Waals surface area contributed by atoms with E-state index in [1.807, 2.05) is 94.2 Å². The maximum atomic E-state index is 12.0. The molecule has 4 spiro atoms. The number of pyridine rings is 4. The number of nitrogens with zero attached hydrogens (tertiary/aromatic N) is 16. The number of ether oxygens (including phenoxy) is 3. The topological polar surface area (TPSA) is 307 Å². The van der Waals surface area contributed by atoms with E-state index < -0.39 is 0 Å². The number of amides is 5. The second kappa shape index (κ2) is 24.9. The molecule has 12 aromatic rings. The Balaban J connectivity index is 0.000000101. The third-order valence-corrected chi connectivity index (χ3v) is 22.2. The summed E-state index contributed by atoms with van der Waals surface area (Å²) in [6, 6.07) is 21.0. The lowest BCUT2D eigenvalue weighted by Crippen LogP contribution is -2.62. The molecule has 0 radical (unpaired) electrons. The van der Waals surface area contributed by atoms with Crippen LogP contribution in [0.1, 0.15) is 81.7 Å². The van der Waals surface area contributed by atoms with Gasteiger partial charge in [0.15, 0.2) is 0 Å². The molecule has 524 valence electrons. The van der Waals surface area contributed by atoms with Gasteiger partial charge in [0, 0.05) is 218 Å². The van der Waals surface area contributed by atoms with E-state index in [9.17, 15) is 19.2 Å². The summed E-state index contributed by atoms with van der Waals surface area (Å²) in [7, 11) is 0. The summed E-state index contributed by atoms with van der Waals surface area (Å²) in [5, 5.41) is 25.7. The molecule has 0 aliphatic carbocycles. The summed E-state index contributed by atoms with van der Waals surface area (Å²) in [6.45, 7) is 20.8. The van der Waals surface area contributed by atoms with Gasteiger partial charge in [0.1, 0.15) is 16.9 Å². The number of rotatable bonds is 8. The fourth-order valence-corrected chi connectivity index (χ4v) is 16.6. The van der Waals surface area contributed by atoms with Crippen LogP contribution < -0.4 is 5.32 Å². The fraction of sp³-hybridized carbons (Fsp3) is 0.397. The molecule has 4 fully saturated rings. The monoisotopic (exact) mass is 1400 g/mol. The van der Waals surface area contributed by atoms with Gasteiger partial charge in [0.2, 0.25) is 0 Å². The van der Waals surface area contributed by atoms with Crippen molar-refractivity contribution in [3.63, 3.8) is 0 Å². The third kappa shape index (κ3) is 10.9. The Morgan fingerprint density at radius 3 is 1.34 bits per heavy atom. The van der Waals surface area contributed by atoms with Gasteiger partial charge in [0.05, 0.1) is 58.7 Å². The maximum absolute atomic E-state index is 12.0. The van der Waals surface area contributed by atoms with Crippen molar-refractivity contribution in [2.24, 2.45) is 0 Å². The highest BCUT2D eigenvalue weighted by molar-refractivity contribution is 6.35. The van der Waals surface area contributed by atoms with Gasteiger partial charge in [-0.1, -0.05) is 11.6 Å². The van der Waals surface area contributed by atoms with Crippen LogP contribution in [0.15, 0.2) is 110 Å². The van der Waals surface area contributed by atoms with Crippen molar-refractivity contribution in [1.29, 1.82) is 0 Å². The quantitative estimate of drug-likeness (QED) is 0.0883. The Kier molecular flexibility index (Phi) is 15.7. The predicted molar refractivity (Wildman–Crippen MR) is 381 cm³/mol. The lowest BCUT2D eigenvalue weighted by molar-refractivity contribution is 0.0395. The van der Waals surface area contributed by atoms with Crippen LogP contribution in [0.25, 0.3) is 89.2 Å². The average molecular weight is 1400 g/mol. The molecule has 0 saturated carbocycles. The molecule has 8 aliphatic rings. The van der Waals surface area contributed by atoms with E-state index in [2.05, 4.69) is 113 Å². The van der Waals surface area contributed by atoms with Crippen molar-refractivity contribution in [2.45, 2.75) is 108 Å². The predicted octanol–water partition coefficient (Wildman–Crippen LogP) is 10.7. The van der Waals surface area contributed by atoms with Crippen LogP contribution in [-0.4, -0.2) is 202 Å². The summed E-state index contributed by atoms with van der Waals surface area (Å²) in [6.07, 6.45) is 18.4. The Morgan fingerprint density at radius 2 is 0.873 bits per heavy atom. The minimum Gasteiger partial charge on any atom is -0.450 e. The molecule has 28 nitrogen and oxygen atoms in total. The number of fused-ring (bicyclic) bond motifs is 12. The molecule has 8 aliphatic heterocycles. The van der Waals surface area contributed by atoms with Crippen molar-refractivity contribution in [1.82, 2.24) is 104 Å². The fourth-order valence-electron chi connectivity index (χ4n) is 16.4. The number of carbonyl (C=O) groups is 4. The van der Waals surface area contributed by atoms with Crippen LogP contribution in [0.5, 0.6) is 0 Å². The van der Waals surface area contributed by atoms with Crippen molar-refractivity contribution >= 4 is 80.0 Å². The van der Waals surface area contributed by atoms with Gasteiger partial charge in [0.25, 0.3) is 0 Å². The van der Waals surface area contributed by atoms with Gasteiger partial charge in [-0.15, -0.1) is 0 Å². The van der Waals surface area contributed by atoms with Gasteiger partial charge >= 0.3 is 24.3 Å². The minimum atomic E-state index is -0.229. The van der Waals surface area contributed by atoms with Crippen molar-refractivity contribution < 1.29 is 33.4 Å². The average Bonchev–Trinajstić information content (AvgIpc) is 1.57. The number of likely N-dealkylation sites (tertiary alicyclic amines) is 4. The van der Waals surface area contributed by atoms with Gasteiger partial charge in [-0.05, 0) is 127 Å². The summed E-state index contributed by atoms with van der Waals surface area (Å²) < 4.78 is 23.6. The lowest BCUT2D eigenvalue weighted by atomic mass is 9.76. The Labute approximate surface area is 590 Å². The summed E-state index contributed by atoms with van der Waals surface area (Å²) >= 11 is 6.21. The van der Waals surface area contributed by atoms with Crippen LogP contribution in [0.3, 0.4) is 0 Å². The Hall–Kier alpha value is -11.0. The molecule has 20 heterocycles. The molecule has 0 bridgehead atoms. The van der Waals surface area contributed by atoms with E-state index in [4.69, 9.17) is 46.2 Å². The second-order valence-electron chi connectivity index (χ2n) is 28.2. The zero-order valence-electron chi connectivity index (χ0n) is 57.4. The molecule has 0 aromatic carbocycles. The molecule has 5 N–H and O–H groups in total. The van der Waals surface area contributed by atoms with Gasteiger partial charge in [-0.25, -0.2) is 34.1 Å². The van der Waals surface area contributed by atoms with Gasteiger partial charge in [-0.2, -0.15) is 20.4 Å². The number of nitrogens with one attached hydrogen (secondary N) is 5. The van der Waals surface area contributed by atoms with Crippen molar-refractivity contribution in [3.05, 3.63) is 144 Å². The molecule has 29 heteroatoms. The van der Waals surface area contributed by atoms with E-state index in [1.54, 1.807) is 20.9 Å². The molecule has 5 amide bonds. The molecule has 4 saturated heterocycles. The van der Waals surface area contributed by atoms with E-state index in [0.29, 0.717) is 70.7 Å². The normalized spacial score (nSPS) is 17.6. The van der Waals surface area contributed by atoms with Crippen LogP contribution >= 0.6 is 11.6 Å². The first kappa shape index (κ1) is 64.4. The first-order valence-electron chi connectivity index (χ1n) is 35.1. The third-order valence-electron chi connectivity index (χ3n) is 21.8. The Morgan fingerprint density at radius 1 is 0.471 bits per heavy atom. The van der Waals surface area contributed by atoms with Crippen LogP contribution in [0, 0.1) is 6.92 Å². The molecular weight excluding hydrogens is 1320 g/mol. The number of hydrogen-bond donors (Lipinski definition) is 5. The molecular formula is C73H78ClN21O7.